The molecule has 0 radical (unpaired) electrons. The van der Waals surface area contributed by atoms with Gasteiger partial charge in [0.25, 0.3) is 0 Å². The summed E-state index contributed by atoms with van der Waals surface area (Å²) in [7, 11) is -1.09. The third-order valence-corrected chi connectivity index (χ3v) is 4.46. The molecular formula is C14H27NOS. The predicted octanol–water partition coefficient (Wildman–Crippen LogP) is 3.26. The SMILES string of the molecule is CCCC#C[C@@](C)(NS(=O)C(C)(C)C)C(C)C. The first-order valence-electron chi connectivity index (χ1n) is 6.33. The maximum absolute atomic E-state index is 12.1. The molecule has 0 aliphatic rings. The van der Waals surface area contributed by atoms with Gasteiger partial charge in [0.2, 0.25) is 0 Å². The second-order valence-electron chi connectivity index (χ2n) is 5.89. The van der Waals surface area contributed by atoms with E-state index < -0.39 is 11.0 Å². The summed E-state index contributed by atoms with van der Waals surface area (Å²) in [5.41, 5.74) is -0.382. The molecule has 0 aliphatic heterocycles. The van der Waals surface area contributed by atoms with Crippen molar-refractivity contribution in [2.24, 2.45) is 5.92 Å². The van der Waals surface area contributed by atoms with Crippen molar-refractivity contribution >= 4 is 11.0 Å². The molecule has 1 unspecified atom stereocenters. The van der Waals surface area contributed by atoms with Crippen LogP contribution in [0.4, 0.5) is 0 Å². The Morgan fingerprint density at radius 3 is 2.12 bits per heavy atom. The van der Waals surface area contributed by atoms with E-state index >= 15 is 0 Å². The summed E-state index contributed by atoms with van der Waals surface area (Å²) in [6, 6.07) is 0. The molecule has 0 fully saturated rings. The van der Waals surface area contributed by atoms with Crippen molar-refractivity contribution in [3.63, 3.8) is 0 Å². The molecule has 0 aromatic heterocycles. The third kappa shape index (κ3) is 5.70. The standard InChI is InChI=1S/C14H27NOS/c1-8-9-10-11-14(7,12(2)3)15-17(16)13(4,5)6/h12,15H,8-9H2,1-7H3/t14-,17?/m1/s1. The summed E-state index contributed by atoms with van der Waals surface area (Å²) < 4.78 is 15.1. The number of hydrogen-bond acceptors (Lipinski definition) is 1. The fourth-order valence-corrected chi connectivity index (χ4v) is 1.98. The van der Waals surface area contributed by atoms with Gasteiger partial charge in [0, 0.05) is 6.42 Å². The maximum atomic E-state index is 12.1. The second kappa shape index (κ2) is 6.56. The van der Waals surface area contributed by atoms with E-state index in [1.165, 1.54) is 0 Å². The van der Waals surface area contributed by atoms with Gasteiger partial charge in [0.1, 0.15) is 0 Å². The fraction of sp³-hybridized carbons (Fsp3) is 0.857. The van der Waals surface area contributed by atoms with Crippen molar-refractivity contribution in [1.29, 1.82) is 0 Å². The highest BCUT2D eigenvalue weighted by Crippen LogP contribution is 2.19. The molecule has 0 saturated carbocycles. The summed E-state index contributed by atoms with van der Waals surface area (Å²) in [6.07, 6.45) is 1.95. The molecule has 1 N–H and O–H groups in total. The average Bonchev–Trinajstić information content (AvgIpc) is 2.16. The summed E-state index contributed by atoms with van der Waals surface area (Å²) >= 11 is 0. The summed E-state index contributed by atoms with van der Waals surface area (Å²) in [5.74, 6) is 6.73. The molecule has 0 heterocycles. The largest absolute Gasteiger partial charge is 0.242 e. The lowest BCUT2D eigenvalue weighted by molar-refractivity contribution is 0.398. The van der Waals surface area contributed by atoms with E-state index in [1.54, 1.807) is 0 Å². The first kappa shape index (κ1) is 16.7. The van der Waals surface area contributed by atoms with E-state index in [-0.39, 0.29) is 10.3 Å². The normalized spacial score (nSPS) is 17.2. The van der Waals surface area contributed by atoms with Crippen LogP contribution in [0.2, 0.25) is 0 Å². The molecule has 100 valence electrons. The highest BCUT2D eigenvalue weighted by atomic mass is 32.2. The van der Waals surface area contributed by atoms with Crippen LogP contribution in [-0.4, -0.2) is 14.5 Å². The molecule has 0 aromatic rings. The molecule has 17 heavy (non-hydrogen) atoms. The Balaban J connectivity index is 4.88. The van der Waals surface area contributed by atoms with Gasteiger partial charge in [-0.25, -0.2) is 8.93 Å². The van der Waals surface area contributed by atoms with Crippen LogP contribution < -0.4 is 4.72 Å². The predicted molar refractivity (Wildman–Crippen MR) is 77.0 cm³/mol. The minimum atomic E-state index is -1.09. The minimum absolute atomic E-state index is 0.261. The van der Waals surface area contributed by atoms with Gasteiger partial charge in [0.05, 0.1) is 21.3 Å². The molecule has 0 bridgehead atoms. The summed E-state index contributed by atoms with van der Waals surface area (Å²) in [4.78, 5) is 0. The third-order valence-electron chi connectivity index (χ3n) is 2.74. The number of nitrogens with one attached hydrogen (secondary N) is 1. The maximum Gasteiger partial charge on any atom is 0.0983 e. The fourth-order valence-electron chi connectivity index (χ4n) is 1.00. The van der Waals surface area contributed by atoms with Gasteiger partial charge in [-0.3, -0.25) is 0 Å². The van der Waals surface area contributed by atoms with Crippen molar-refractivity contribution in [1.82, 2.24) is 4.72 Å². The average molecular weight is 257 g/mol. The molecule has 0 aliphatic carbocycles. The van der Waals surface area contributed by atoms with Crippen molar-refractivity contribution in [2.75, 3.05) is 0 Å². The second-order valence-corrected chi connectivity index (χ2v) is 7.86. The zero-order chi connectivity index (χ0) is 13.7. The number of unbranched alkanes of at least 4 members (excludes halogenated alkanes) is 1. The topological polar surface area (TPSA) is 29.1 Å². The van der Waals surface area contributed by atoms with Crippen LogP contribution in [0.15, 0.2) is 0 Å². The molecule has 0 amide bonds. The van der Waals surface area contributed by atoms with E-state index in [9.17, 15) is 4.21 Å². The van der Waals surface area contributed by atoms with E-state index in [0.29, 0.717) is 5.92 Å². The van der Waals surface area contributed by atoms with Crippen LogP contribution >= 0.6 is 0 Å². The Morgan fingerprint density at radius 1 is 1.24 bits per heavy atom. The molecule has 0 aromatic carbocycles. The summed E-state index contributed by atoms with van der Waals surface area (Å²) in [5, 5.41) is 0. The first-order chi connectivity index (χ1) is 7.63. The first-order valence-corrected chi connectivity index (χ1v) is 7.48. The van der Waals surface area contributed by atoms with Gasteiger partial charge < -0.3 is 0 Å². The van der Waals surface area contributed by atoms with Crippen molar-refractivity contribution in [2.45, 2.75) is 71.6 Å². The smallest absolute Gasteiger partial charge is 0.0983 e. The Labute approximate surface area is 110 Å². The lowest BCUT2D eigenvalue weighted by Crippen LogP contribution is -2.50. The van der Waals surface area contributed by atoms with Crippen LogP contribution in [0.1, 0.15) is 61.3 Å². The minimum Gasteiger partial charge on any atom is -0.242 e. The van der Waals surface area contributed by atoms with Gasteiger partial charge in [-0.05, 0) is 40.0 Å². The lowest BCUT2D eigenvalue weighted by atomic mass is 9.90. The van der Waals surface area contributed by atoms with Crippen molar-refractivity contribution in [3.05, 3.63) is 0 Å². The Morgan fingerprint density at radius 2 is 1.76 bits per heavy atom. The molecule has 2 nitrogen and oxygen atoms in total. The lowest BCUT2D eigenvalue weighted by Gasteiger charge is -2.32. The monoisotopic (exact) mass is 257 g/mol. The van der Waals surface area contributed by atoms with Crippen LogP contribution in [0.3, 0.4) is 0 Å². The van der Waals surface area contributed by atoms with Gasteiger partial charge in [-0.15, -0.1) is 5.92 Å². The zero-order valence-electron chi connectivity index (χ0n) is 12.3. The molecule has 0 saturated heterocycles. The molecule has 2 atom stereocenters. The number of rotatable bonds is 4. The molecule has 3 heteroatoms. The molecular weight excluding hydrogens is 230 g/mol. The van der Waals surface area contributed by atoms with E-state index in [2.05, 4.69) is 37.3 Å². The van der Waals surface area contributed by atoms with E-state index in [1.807, 2.05) is 27.7 Å². The Kier molecular flexibility index (Phi) is 6.43. The molecule has 0 rings (SSSR count). The van der Waals surface area contributed by atoms with Crippen LogP contribution in [-0.2, 0) is 11.0 Å². The van der Waals surface area contributed by atoms with Crippen LogP contribution in [0, 0.1) is 17.8 Å². The Hall–Kier alpha value is -0.330. The van der Waals surface area contributed by atoms with Gasteiger partial charge in [0.15, 0.2) is 0 Å². The van der Waals surface area contributed by atoms with E-state index in [4.69, 9.17) is 0 Å². The summed E-state index contributed by atoms with van der Waals surface area (Å²) in [6.45, 7) is 14.3. The Bertz CT molecular complexity index is 319. The highest BCUT2D eigenvalue weighted by molar-refractivity contribution is 7.84. The van der Waals surface area contributed by atoms with Gasteiger partial charge in [-0.2, -0.15) is 0 Å². The quantitative estimate of drug-likeness (QED) is 0.770. The van der Waals surface area contributed by atoms with Gasteiger partial charge in [-0.1, -0.05) is 26.7 Å². The van der Waals surface area contributed by atoms with Crippen molar-refractivity contribution < 1.29 is 4.21 Å². The van der Waals surface area contributed by atoms with E-state index in [0.717, 1.165) is 12.8 Å². The van der Waals surface area contributed by atoms with Crippen molar-refractivity contribution in [3.8, 4) is 11.8 Å². The zero-order valence-corrected chi connectivity index (χ0v) is 13.1. The van der Waals surface area contributed by atoms with Crippen LogP contribution in [0.5, 0.6) is 0 Å². The van der Waals surface area contributed by atoms with Crippen LogP contribution in [0.25, 0.3) is 0 Å². The van der Waals surface area contributed by atoms with Gasteiger partial charge >= 0.3 is 0 Å². The number of hydrogen-bond donors (Lipinski definition) is 1. The highest BCUT2D eigenvalue weighted by Gasteiger charge is 2.31. The molecule has 0 spiro atoms.